The number of nitrogens with zero attached hydrogens (tertiary/aromatic N) is 2. The topological polar surface area (TPSA) is 52.1 Å². The lowest BCUT2D eigenvalue weighted by atomic mass is 10.1. The molecule has 0 unspecified atom stereocenters. The third-order valence-electron chi connectivity index (χ3n) is 2.46. The Morgan fingerprint density at radius 2 is 2.11 bits per heavy atom. The Labute approximate surface area is 116 Å². The minimum atomic E-state index is -0.499. The molecule has 1 heterocycles. The molecule has 2 rings (SSSR count). The summed E-state index contributed by atoms with van der Waals surface area (Å²) in [5.41, 5.74) is 2.06. The molecule has 0 spiro atoms. The SMILES string of the molecule is CCOC(=O)c1cc(Cl)nc(-c2cccc(C)c2)n1. The molecule has 0 saturated carbocycles. The number of esters is 1. The van der Waals surface area contributed by atoms with Gasteiger partial charge in [0.2, 0.25) is 0 Å². The molecule has 2 aromatic rings. The lowest BCUT2D eigenvalue weighted by Crippen LogP contribution is -2.08. The van der Waals surface area contributed by atoms with E-state index in [1.807, 2.05) is 31.2 Å². The summed E-state index contributed by atoms with van der Waals surface area (Å²) in [7, 11) is 0. The Balaban J connectivity index is 2.44. The van der Waals surface area contributed by atoms with Crippen LogP contribution in [0.3, 0.4) is 0 Å². The second-order valence-corrected chi connectivity index (χ2v) is 4.38. The fraction of sp³-hybridized carbons (Fsp3) is 0.214. The van der Waals surface area contributed by atoms with Crippen LogP contribution in [0.15, 0.2) is 30.3 Å². The highest BCUT2D eigenvalue weighted by Gasteiger charge is 2.13. The Bertz CT molecular complexity index is 614. The van der Waals surface area contributed by atoms with E-state index in [0.717, 1.165) is 11.1 Å². The van der Waals surface area contributed by atoms with Gasteiger partial charge in [0.05, 0.1) is 6.61 Å². The average molecular weight is 277 g/mol. The zero-order valence-electron chi connectivity index (χ0n) is 10.7. The van der Waals surface area contributed by atoms with Crippen molar-refractivity contribution in [1.29, 1.82) is 0 Å². The van der Waals surface area contributed by atoms with Crippen molar-refractivity contribution in [2.45, 2.75) is 13.8 Å². The molecule has 4 nitrogen and oxygen atoms in total. The molecule has 1 aromatic carbocycles. The van der Waals surface area contributed by atoms with Crippen molar-refractivity contribution in [3.63, 3.8) is 0 Å². The molecule has 0 fully saturated rings. The monoisotopic (exact) mass is 276 g/mol. The van der Waals surface area contributed by atoms with E-state index < -0.39 is 5.97 Å². The van der Waals surface area contributed by atoms with Crippen LogP contribution in [-0.2, 0) is 4.74 Å². The van der Waals surface area contributed by atoms with E-state index in [-0.39, 0.29) is 10.8 Å². The van der Waals surface area contributed by atoms with Crippen molar-refractivity contribution in [1.82, 2.24) is 9.97 Å². The van der Waals surface area contributed by atoms with Crippen LogP contribution < -0.4 is 0 Å². The van der Waals surface area contributed by atoms with Crippen LogP contribution in [-0.4, -0.2) is 22.5 Å². The smallest absolute Gasteiger partial charge is 0.357 e. The standard InChI is InChI=1S/C14H13ClN2O2/c1-3-19-14(18)11-8-12(15)17-13(16-11)10-6-4-5-9(2)7-10/h4-8H,3H2,1-2H3. The summed E-state index contributed by atoms with van der Waals surface area (Å²) in [5.74, 6) is -0.0834. The van der Waals surface area contributed by atoms with Gasteiger partial charge in [-0.15, -0.1) is 0 Å². The van der Waals surface area contributed by atoms with Crippen molar-refractivity contribution in [3.8, 4) is 11.4 Å². The van der Waals surface area contributed by atoms with Crippen molar-refractivity contribution in [2.24, 2.45) is 0 Å². The van der Waals surface area contributed by atoms with E-state index in [1.54, 1.807) is 6.92 Å². The van der Waals surface area contributed by atoms with Crippen LogP contribution in [0.1, 0.15) is 23.0 Å². The molecular weight excluding hydrogens is 264 g/mol. The quantitative estimate of drug-likeness (QED) is 0.638. The number of carbonyl (C=O) groups excluding carboxylic acids is 1. The minimum Gasteiger partial charge on any atom is -0.461 e. The Morgan fingerprint density at radius 1 is 1.32 bits per heavy atom. The Hall–Kier alpha value is -1.94. The number of halogens is 1. The summed E-state index contributed by atoms with van der Waals surface area (Å²) >= 11 is 5.93. The molecule has 0 aliphatic rings. The maximum Gasteiger partial charge on any atom is 0.357 e. The van der Waals surface area contributed by atoms with Gasteiger partial charge in [-0.2, -0.15) is 0 Å². The van der Waals surface area contributed by atoms with Crippen molar-refractivity contribution >= 4 is 17.6 Å². The number of hydrogen-bond donors (Lipinski definition) is 0. The van der Waals surface area contributed by atoms with Gasteiger partial charge in [-0.05, 0) is 19.9 Å². The van der Waals surface area contributed by atoms with E-state index in [1.165, 1.54) is 6.07 Å². The number of ether oxygens (including phenoxy) is 1. The number of hydrogen-bond acceptors (Lipinski definition) is 4. The zero-order valence-corrected chi connectivity index (χ0v) is 11.4. The van der Waals surface area contributed by atoms with Gasteiger partial charge < -0.3 is 4.74 Å². The number of rotatable bonds is 3. The summed E-state index contributed by atoms with van der Waals surface area (Å²) in [6.45, 7) is 4.00. The lowest BCUT2D eigenvalue weighted by Gasteiger charge is -2.05. The predicted molar refractivity (Wildman–Crippen MR) is 73.2 cm³/mol. The van der Waals surface area contributed by atoms with Gasteiger partial charge >= 0.3 is 5.97 Å². The van der Waals surface area contributed by atoms with Gasteiger partial charge in [0.1, 0.15) is 5.15 Å². The number of aromatic nitrogens is 2. The summed E-state index contributed by atoms with van der Waals surface area (Å²) < 4.78 is 4.91. The van der Waals surface area contributed by atoms with E-state index in [4.69, 9.17) is 16.3 Å². The van der Waals surface area contributed by atoms with E-state index in [9.17, 15) is 4.79 Å². The lowest BCUT2D eigenvalue weighted by molar-refractivity contribution is 0.0519. The number of benzene rings is 1. The van der Waals surface area contributed by atoms with Gasteiger partial charge in [0.15, 0.2) is 11.5 Å². The maximum atomic E-state index is 11.7. The van der Waals surface area contributed by atoms with Gasteiger partial charge in [0, 0.05) is 11.6 Å². The molecule has 5 heteroatoms. The van der Waals surface area contributed by atoms with E-state index in [0.29, 0.717) is 12.4 Å². The van der Waals surface area contributed by atoms with Crippen LogP contribution in [0.25, 0.3) is 11.4 Å². The second-order valence-electron chi connectivity index (χ2n) is 3.99. The third-order valence-corrected chi connectivity index (χ3v) is 2.65. The molecule has 0 aliphatic heterocycles. The highest BCUT2D eigenvalue weighted by molar-refractivity contribution is 6.29. The zero-order chi connectivity index (χ0) is 13.8. The van der Waals surface area contributed by atoms with Crippen LogP contribution in [0.5, 0.6) is 0 Å². The predicted octanol–water partition coefficient (Wildman–Crippen LogP) is 3.28. The third kappa shape index (κ3) is 3.29. The maximum absolute atomic E-state index is 11.7. The molecule has 0 radical (unpaired) electrons. The largest absolute Gasteiger partial charge is 0.461 e. The normalized spacial score (nSPS) is 10.3. The van der Waals surface area contributed by atoms with Gasteiger partial charge in [-0.3, -0.25) is 0 Å². The fourth-order valence-corrected chi connectivity index (χ4v) is 1.82. The highest BCUT2D eigenvalue weighted by Crippen LogP contribution is 2.19. The summed E-state index contributed by atoms with van der Waals surface area (Å²) in [5, 5.41) is 0.217. The molecule has 0 N–H and O–H groups in total. The second kappa shape index (κ2) is 5.80. The minimum absolute atomic E-state index is 0.165. The van der Waals surface area contributed by atoms with E-state index in [2.05, 4.69) is 9.97 Å². The van der Waals surface area contributed by atoms with Gasteiger partial charge in [-0.1, -0.05) is 35.4 Å². The van der Waals surface area contributed by atoms with Gasteiger partial charge in [0.25, 0.3) is 0 Å². The van der Waals surface area contributed by atoms with Crippen molar-refractivity contribution < 1.29 is 9.53 Å². The molecule has 0 bridgehead atoms. The first kappa shape index (κ1) is 13.5. The Morgan fingerprint density at radius 3 is 2.79 bits per heavy atom. The van der Waals surface area contributed by atoms with Crippen molar-refractivity contribution in [3.05, 3.63) is 46.7 Å². The average Bonchev–Trinajstić information content (AvgIpc) is 2.38. The van der Waals surface area contributed by atoms with Crippen LogP contribution in [0, 0.1) is 6.92 Å². The van der Waals surface area contributed by atoms with Gasteiger partial charge in [-0.25, -0.2) is 14.8 Å². The molecule has 1 aromatic heterocycles. The molecule has 0 saturated heterocycles. The van der Waals surface area contributed by atoms with Crippen LogP contribution >= 0.6 is 11.6 Å². The molecule has 98 valence electrons. The summed E-state index contributed by atoms with van der Waals surface area (Å²) in [6, 6.07) is 9.08. The van der Waals surface area contributed by atoms with Crippen LogP contribution in [0.2, 0.25) is 5.15 Å². The highest BCUT2D eigenvalue weighted by atomic mass is 35.5. The number of carbonyl (C=O) groups is 1. The first-order valence-electron chi connectivity index (χ1n) is 5.89. The first-order chi connectivity index (χ1) is 9.10. The van der Waals surface area contributed by atoms with Crippen molar-refractivity contribution in [2.75, 3.05) is 6.61 Å². The molecule has 0 aliphatic carbocycles. The molecule has 0 amide bonds. The summed E-state index contributed by atoms with van der Waals surface area (Å²) in [6.07, 6.45) is 0. The summed E-state index contributed by atoms with van der Waals surface area (Å²) in [4.78, 5) is 20.0. The molecule has 19 heavy (non-hydrogen) atoms. The fourth-order valence-electron chi connectivity index (χ4n) is 1.64. The number of aryl methyl sites for hydroxylation is 1. The molecule has 0 atom stereocenters. The Kier molecular flexibility index (Phi) is 4.12. The molecular formula is C14H13ClN2O2. The van der Waals surface area contributed by atoms with Crippen LogP contribution in [0.4, 0.5) is 0 Å². The van der Waals surface area contributed by atoms with E-state index >= 15 is 0 Å². The first-order valence-corrected chi connectivity index (χ1v) is 6.26.